The van der Waals surface area contributed by atoms with Gasteiger partial charge in [0.1, 0.15) is 0 Å². The van der Waals surface area contributed by atoms with E-state index in [0.29, 0.717) is 17.2 Å². The molecule has 4 aromatic rings. The second kappa shape index (κ2) is 15.2. The average molecular weight is 721 g/mol. The van der Waals surface area contributed by atoms with E-state index >= 15 is 0 Å². The van der Waals surface area contributed by atoms with Gasteiger partial charge in [-0.3, -0.25) is 0 Å². The van der Waals surface area contributed by atoms with E-state index < -0.39 is 15.8 Å². The normalized spacial score (nSPS) is 15.7. The van der Waals surface area contributed by atoms with Gasteiger partial charge in [-0.05, 0) is 104 Å². The highest BCUT2D eigenvalue weighted by atomic mass is 31.1. The van der Waals surface area contributed by atoms with Crippen molar-refractivity contribution >= 4 is 37.1 Å². The molecule has 276 valence electrons. The topological polar surface area (TPSA) is 0 Å². The molecule has 0 saturated heterocycles. The van der Waals surface area contributed by atoms with Crippen LogP contribution in [0.5, 0.6) is 0 Å². The van der Waals surface area contributed by atoms with E-state index in [1.54, 1.807) is 0 Å². The van der Waals surface area contributed by atoms with Crippen molar-refractivity contribution in [2.75, 3.05) is 0 Å². The van der Waals surface area contributed by atoms with Crippen LogP contribution in [0.4, 0.5) is 0 Å². The van der Waals surface area contributed by atoms with Crippen molar-refractivity contribution in [1.29, 1.82) is 0 Å². The van der Waals surface area contributed by atoms with Crippen molar-refractivity contribution in [2.45, 2.75) is 151 Å². The first-order chi connectivity index (χ1) is 23.4. The van der Waals surface area contributed by atoms with Gasteiger partial charge in [0.05, 0.1) is 0 Å². The first-order valence-electron chi connectivity index (χ1n) is 19.4. The van der Waals surface area contributed by atoms with Crippen molar-refractivity contribution < 1.29 is 0 Å². The fourth-order valence-electron chi connectivity index (χ4n) is 7.55. The van der Waals surface area contributed by atoms with Crippen molar-refractivity contribution in [2.24, 2.45) is 11.3 Å². The van der Waals surface area contributed by atoms with Crippen LogP contribution in [0.1, 0.15) is 140 Å². The molecule has 0 aliphatic rings. The predicted molar refractivity (Wildman–Crippen MR) is 235 cm³/mol. The number of hydrogen-bond acceptors (Lipinski definition) is 0. The molecule has 2 heteroatoms. The maximum Gasteiger partial charge on any atom is -0.00946 e. The smallest absolute Gasteiger partial charge is 0.00946 e. The van der Waals surface area contributed by atoms with Gasteiger partial charge in [-0.2, -0.15) is 0 Å². The molecule has 0 N–H and O–H groups in total. The molecule has 0 nitrogen and oxygen atoms in total. The Bertz CT molecular complexity index is 1460. The summed E-state index contributed by atoms with van der Waals surface area (Å²) in [5.41, 5.74) is 7.05. The molecule has 0 saturated carbocycles. The molecule has 0 bridgehead atoms. The van der Waals surface area contributed by atoms with E-state index in [4.69, 9.17) is 0 Å². The molecule has 0 aliphatic carbocycles. The third-order valence-corrected chi connectivity index (χ3v) is 17.9. The van der Waals surface area contributed by atoms with Crippen LogP contribution in [0.25, 0.3) is 0 Å². The SMILES string of the molecule is CC(C)C(C)(C(C)P(c1ccc(C(C)(C)C)cc1)c1ccc(C(C)(C)C)cc1)C(C)P(c1ccc(C(C)(C)C)cc1)c1ccc(C(C)(C)C)cc1. The van der Waals surface area contributed by atoms with Gasteiger partial charge in [0, 0.05) is 0 Å². The molecule has 51 heavy (non-hydrogen) atoms. The van der Waals surface area contributed by atoms with Crippen molar-refractivity contribution in [3.63, 3.8) is 0 Å². The molecule has 0 radical (unpaired) electrons. The first-order valence-corrected chi connectivity index (χ1v) is 22.2. The zero-order valence-corrected chi connectivity index (χ0v) is 37.2. The van der Waals surface area contributed by atoms with E-state index in [0.717, 1.165) is 0 Å². The van der Waals surface area contributed by atoms with E-state index in [-0.39, 0.29) is 27.1 Å². The minimum Gasteiger partial charge on any atom is -0.0622 e. The Kier molecular flexibility index (Phi) is 12.4. The quantitative estimate of drug-likeness (QED) is 0.151. The molecular formula is C49H70P2. The van der Waals surface area contributed by atoms with Crippen LogP contribution in [-0.2, 0) is 21.7 Å². The van der Waals surface area contributed by atoms with Crippen LogP contribution in [0, 0.1) is 11.3 Å². The van der Waals surface area contributed by atoms with Gasteiger partial charge in [0.15, 0.2) is 0 Å². The summed E-state index contributed by atoms with van der Waals surface area (Å²) in [5.74, 6) is 0.489. The Morgan fingerprint density at radius 3 is 0.627 bits per heavy atom. The lowest BCUT2D eigenvalue weighted by atomic mass is 9.74. The fourth-order valence-corrected chi connectivity index (χ4v) is 14.1. The molecule has 0 aromatic heterocycles. The molecule has 0 amide bonds. The lowest BCUT2D eigenvalue weighted by molar-refractivity contribution is 0.213. The lowest BCUT2D eigenvalue weighted by Crippen LogP contribution is -2.47. The molecule has 0 fully saturated rings. The lowest BCUT2D eigenvalue weighted by Gasteiger charge is -2.50. The number of hydrogen-bond donors (Lipinski definition) is 0. The van der Waals surface area contributed by atoms with Gasteiger partial charge >= 0.3 is 0 Å². The molecule has 0 heterocycles. The highest BCUT2D eigenvalue weighted by molar-refractivity contribution is 7.74. The second-order valence-corrected chi connectivity index (χ2v) is 24.9. The average Bonchev–Trinajstić information content (AvgIpc) is 3.03. The summed E-state index contributed by atoms with van der Waals surface area (Å²) in [7, 11) is -1.31. The van der Waals surface area contributed by atoms with Gasteiger partial charge in [0.2, 0.25) is 0 Å². The first kappa shape index (κ1) is 41.5. The number of benzene rings is 4. The minimum atomic E-state index is -0.655. The third kappa shape index (κ3) is 9.28. The van der Waals surface area contributed by atoms with Crippen molar-refractivity contribution in [3.8, 4) is 0 Å². The summed E-state index contributed by atoms with van der Waals surface area (Å²) >= 11 is 0. The zero-order chi connectivity index (χ0) is 38.3. The summed E-state index contributed by atoms with van der Waals surface area (Å²) < 4.78 is 0. The van der Waals surface area contributed by atoms with Crippen LogP contribution in [0.3, 0.4) is 0 Å². The van der Waals surface area contributed by atoms with Crippen LogP contribution in [0.2, 0.25) is 0 Å². The standard InChI is InChI=1S/C49H70P2/c1-34(2)49(17,35(3)50(41-26-18-37(19-27-41)45(5,6)7)42-28-20-38(21-29-42)46(8,9)10)36(4)51(43-30-22-39(23-31-43)47(11,12)13)44-32-24-40(25-33-44)48(14,15)16/h18-36H,1-17H3. The molecule has 0 aliphatic heterocycles. The summed E-state index contributed by atoms with van der Waals surface area (Å²) in [6, 6.07) is 38.9. The van der Waals surface area contributed by atoms with E-state index in [1.807, 2.05) is 0 Å². The molecule has 4 aromatic carbocycles. The summed E-state index contributed by atoms with van der Waals surface area (Å²) in [5, 5.41) is 5.95. The van der Waals surface area contributed by atoms with Gasteiger partial charge in [0.25, 0.3) is 0 Å². The van der Waals surface area contributed by atoms with E-state index in [1.165, 1.54) is 43.5 Å². The Morgan fingerprint density at radius 2 is 0.490 bits per heavy atom. The summed E-state index contributed by atoms with van der Waals surface area (Å²) in [6.45, 7) is 40.6. The fraction of sp³-hybridized carbons (Fsp3) is 0.510. The highest BCUT2D eigenvalue weighted by Crippen LogP contribution is 2.59. The largest absolute Gasteiger partial charge is 0.0622 e. The van der Waals surface area contributed by atoms with Gasteiger partial charge < -0.3 is 0 Å². The molecular weight excluding hydrogens is 650 g/mol. The maximum atomic E-state index is 2.64. The highest BCUT2D eigenvalue weighted by Gasteiger charge is 2.47. The predicted octanol–water partition coefficient (Wildman–Crippen LogP) is 12.9. The van der Waals surface area contributed by atoms with Gasteiger partial charge in [-0.1, -0.05) is 215 Å². The van der Waals surface area contributed by atoms with Crippen molar-refractivity contribution in [1.82, 2.24) is 0 Å². The number of rotatable bonds is 9. The Balaban J connectivity index is 1.92. The maximum absolute atomic E-state index is 2.64. The minimum absolute atomic E-state index is 0.0498. The van der Waals surface area contributed by atoms with E-state index in [9.17, 15) is 0 Å². The Hall–Kier alpha value is -2.26. The van der Waals surface area contributed by atoms with Gasteiger partial charge in [-0.15, -0.1) is 0 Å². The Morgan fingerprint density at radius 1 is 0.314 bits per heavy atom. The molecule has 0 spiro atoms. The monoisotopic (exact) mass is 720 g/mol. The Labute approximate surface area is 317 Å². The van der Waals surface area contributed by atoms with Crippen LogP contribution in [0.15, 0.2) is 97.1 Å². The van der Waals surface area contributed by atoms with Gasteiger partial charge in [-0.25, -0.2) is 0 Å². The second-order valence-electron chi connectivity index (χ2n) is 19.8. The van der Waals surface area contributed by atoms with Crippen molar-refractivity contribution in [3.05, 3.63) is 119 Å². The van der Waals surface area contributed by atoms with E-state index in [2.05, 4.69) is 215 Å². The van der Waals surface area contributed by atoms with Crippen LogP contribution >= 0.6 is 15.8 Å². The van der Waals surface area contributed by atoms with Crippen LogP contribution < -0.4 is 21.2 Å². The van der Waals surface area contributed by atoms with Crippen LogP contribution in [-0.4, -0.2) is 11.3 Å². The molecule has 4 rings (SSSR count). The molecule has 2 unspecified atom stereocenters. The molecule has 2 atom stereocenters. The summed E-state index contributed by atoms with van der Waals surface area (Å²) in [4.78, 5) is 0. The zero-order valence-electron chi connectivity index (χ0n) is 35.4. The third-order valence-electron chi connectivity index (χ3n) is 11.9. The summed E-state index contributed by atoms with van der Waals surface area (Å²) in [6.07, 6.45) is 0.